The van der Waals surface area contributed by atoms with Crippen LogP contribution in [0.25, 0.3) is 27.5 Å². The van der Waals surface area contributed by atoms with E-state index in [0.29, 0.717) is 5.92 Å². The number of aromatic nitrogens is 1. The van der Waals surface area contributed by atoms with Gasteiger partial charge in [-0.05, 0) is 64.7 Å². The number of halogens is 1. The third-order valence-electron chi connectivity index (χ3n) is 5.01. The van der Waals surface area contributed by atoms with Crippen LogP contribution in [-0.4, -0.2) is 4.40 Å². The summed E-state index contributed by atoms with van der Waals surface area (Å²) in [6.45, 7) is 8.44. The van der Waals surface area contributed by atoms with Crippen molar-refractivity contribution >= 4 is 16.3 Å². The first kappa shape index (κ1) is 16.6. The summed E-state index contributed by atoms with van der Waals surface area (Å²) < 4.78 is 15.8. The standard InChI is InChI=1S/C24H22FN/c1-4-7-21-22(16(2)3)24-20-9-6-5-8-17(20)14-15-26(24)23(21)18-10-12-19(25)13-11-18/h4-6,8-16H,1,7H2,2-3H3. The Morgan fingerprint density at radius 1 is 1.04 bits per heavy atom. The topological polar surface area (TPSA) is 4.41 Å². The molecule has 26 heavy (non-hydrogen) atoms. The van der Waals surface area contributed by atoms with Gasteiger partial charge < -0.3 is 4.40 Å². The van der Waals surface area contributed by atoms with Crippen molar-refractivity contribution in [2.24, 2.45) is 0 Å². The van der Waals surface area contributed by atoms with Gasteiger partial charge in [0.15, 0.2) is 0 Å². The lowest BCUT2D eigenvalue weighted by Crippen LogP contribution is -1.93. The largest absolute Gasteiger partial charge is 0.315 e. The van der Waals surface area contributed by atoms with Crippen LogP contribution < -0.4 is 0 Å². The van der Waals surface area contributed by atoms with Crippen molar-refractivity contribution in [1.82, 2.24) is 4.40 Å². The van der Waals surface area contributed by atoms with E-state index in [1.165, 1.54) is 39.5 Å². The molecule has 0 atom stereocenters. The molecule has 0 aliphatic carbocycles. The molecule has 2 heteroatoms. The summed E-state index contributed by atoms with van der Waals surface area (Å²) in [6.07, 6.45) is 4.88. The molecule has 0 spiro atoms. The highest BCUT2D eigenvalue weighted by Crippen LogP contribution is 2.39. The van der Waals surface area contributed by atoms with E-state index in [1.807, 2.05) is 18.2 Å². The van der Waals surface area contributed by atoms with E-state index in [9.17, 15) is 4.39 Å². The van der Waals surface area contributed by atoms with Crippen LogP contribution in [0, 0.1) is 5.82 Å². The number of hydrogen-bond acceptors (Lipinski definition) is 0. The van der Waals surface area contributed by atoms with Gasteiger partial charge in [0.25, 0.3) is 0 Å². The van der Waals surface area contributed by atoms with E-state index in [1.54, 1.807) is 0 Å². The van der Waals surface area contributed by atoms with Gasteiger partial charge in [0.05, 0.1) is 11.2 Å². The van der Waals surface area contributed by atoms with Crippen LogP contribution in [0.3, 0.4) is 0 Å². The summed E-state index contributed by atoms with van der Waals surface area (Å²) in [5, 5.41) is 2.48. The van der Waals surface area contributed by atoms with E-state index in [2.05, 4.69) is 61.4 Å². The van der Waals surface area contributed by atoms with Gasteiger partial charge in [0.2, 0.25) is 0 Å². The Hall–Kier alpha value is -2.87. The molecule has 0 radical (unpaired) electrons. The van der Waals surface area contributed by atoms with Crippen LogP contribution in [0.4, 0.5) is 4.39 Å². The second-order valence-electron chi connectivity index (χ2n) is 7.02. The summed E-state index contributed by atoms with van der Waals surface area (Å²) in [4.78, 5) is 0. The minimum absolute atomic E-state index is 0.214. The molecule has 130 valence electrons. The van der Waals surface area contributed by atoms with Crippen molar-refractivity contribution in [2.45, 2.75) is 26.2 Å². The van der Waals surface area contributed by atoms with Crippen LogP contribution in [-0.2, 0) is 6.42 Å². The first-order valence-electron chi connectivity index (χ1n) is 9.03. The quantitative estimate of drug-likeness (QED) is 0.361. The normalized spacial score (nSPS) is 11.5. The van der Waals surface area contributed by atoms with Gasteiger partial charge in [0.1, 0.15) is 5.82 Å². The molecule has 0 aliphatic rings. The van der Waals surface area contributed by atoms with Crippen molar-refractivity contribution in [2.75, 3.05) is 0 Å². The van der Waals surface area contributed by atoms with E-state index in [-0.39, 0.29) is 5.82 Å². The molecule has 2 heterocycles. The molecular weight excluding hydrogens is 321 g/mol. The smallest absolute Gasteiger partial charge is 0.123 e. The number of benzene rings is 2. The maximum atomic E-state index is 13.5. The summed E-state index contributed by atoms with van der Waals surface area (Å²) in [5.41, 5.74) is 6.03. The summed E-state index contributed by atoms with van der Waals surface area (Å²) in [6, 6.07) is 17.4. The molecule has 0 aliphatic heterocycles. The minimum atomic E-state index is -0.214. The monoisotopic (exact) mass is 343 g/mol. The zero-order valence-electron chi connectivity index (χ0n) is 15.2. The Balaban J connectivity index is 2.19. The fourth-order valence-corrected chi connectivity index (χ4v) is 3.99. The maximum absolute atomic E-state index is 13.5. The SMILES string of the molecule is C=CCc1c(C(C)C)c2c3ccccc3ccn2c1-c1ccc(F)cc1. The number of allylic oxidation sites excluding steroid dienone is 1. The fourth-order valence-electron chi connectivity index (χ4n) is 3.99. The van der Waals surface area contributed by atoms with Gasteiger partial charge in [-0.3, -0.25) is 0 Å². The zero-order chi connectivity index (χ0) is 18.3. The van der Waals surface area contributed by atoms with Crippen LogP contribution >= 0.6 is 0 Å². The average molecular weight is 343 g/mol. The molecule has 0 saturated heterocycles. The van der Waals surface area contributed by atoms with Crippen LogP contribution in [0.5, 0.6) is 0 Å². The van der Waals surface area contributed by atoms with Crippen LogP contribution in [0.1, 0.15) is 30.9 Å². The lowest BCUT2D eigenvalue weighted by atomic mass is 9.93. The van der Waals surface area contributed by atoms with Gasteiger partial charge in [0, 0.05) is 11.6 Å². The van der Waals surface area contributed by atoms with E-state index in [0.717, 1.165) is 17.7 Å². The number of nitrogens with zero attached hydrogens (tertiary/aromatic N) is 1. The summed E-state index contributed by atoms with van der Waals surface area (Å²) in [7, 11) is 0. The Kier molecular flexibility index (Phi) is 4.12. The molecule has 0 saturated carbocycles. The van der Waals surface area contributed by atoms with Gasteiger partial charge in [-0.15, -0.1) is 6.58 Å². The molecule has 0 unspecified atom stereocenters. The van der Waals surface area contributed by atoms with E-state index < -0.39 is 0 Å². The van der Waals surface area contributed by atoms with Gasteiger partial charge >= 0.3 is 0 Å². The van der Waals surface area contributed by atoms with Crippen molar-refractivity contribution in [3.63, 3.8) is 0 Å². The fraction of sp³-hybridized carbons (Fsp3) is 0.167. The highest BCUT2D eigenvalue weighted by Gasteiger charge is 2.22. The van der Waals surface area contributed by atoms with Crippen LogP contribution in [0.15, 0.2) is 73.4 Å². The first-order valence-corrected chi connectivity index (χ1v) is 9.03. The lowest BCUT2D eigenvalue weighted by Gasteiger charge is -2.09. The number of pyridine rings is 1. The predicted octanol–water partition coefficient (Wildman–Crippen LogP) is 6.75. The molecule has 0 bridgehead atoms. The van der Waals surface area contributed by atoms with Crippen molar-refractivity contribution in [1.29, 1.82) is 0 Å². The minimum Gasteiger partial charge on any atom is -0.315 e. The second kappa shape index (κ2) is 6.45. The predicted molar refractivity (Wildman–Crippen MR) is 108 cm³/mol. The van der Waals surface area contributed by atoms with Crippen LogP contribution in [0.2, 0.25) is 0 Å². The van der Waals surface area contributed by atoms with Gasteiger partial charge in [-0.1, -0.05) is 44.2 Å². The molecular formula is C24H22FN. The molecule has 4 aromatic rings. The van der Waals surface area contributed by atoms with E-state index in [4.69, 9.17) is 0 Å². The first-order chi connectivity index (χ1) is 12.6. The zero-order valence-corrected chi connectivity index (χ0v) is 15.2. The van der Waals surface area contributed by atoms with Crippen molar-refractivity contribution in [3.05, 3.63) is 90.4 Å². The Morgan fingerprint density at radius 2 is 1.77 bits per heavy atom. The highest BCUT2D eigenvalue weighted by atomic mass is 19.1. The number of rotatable bonds is 4. The average Bonchev–Trinajstić information content (AvgIpc) is 2.97. The Morgan fingerprint density at radius 3 is 2.46 bits per heavy atom. The molecule has 2 aromatic heterocycles. The Labute approximate surface area is 153 Å². The molecule has 1 nitrogen and oxygen atoms in total. The Bertz CT molecular complexity index is 1100. The third kappa shape index (κ3) is 2.53. The third-order valence-corrected chi connectivity index (χ3v) is 5.01. The molecule has 0 fully saturated rings. The van der Waals surface area contributed by atoms with E-state index >= 15 is 0 Å². The second-order valence-corrected chi connectivity index (χ2v) is 7.02. The molecule has 4 rings (SSSR count). The van der Waals surface area contributed by atoms with Crippen molar-refractivity contribution < 1.29 is 4.39 Å². The van der Waals surface area contributed by atoms with Crippen molar-refractivity contribution in [3.8, 4) is 11.3 Å². The van der Waals surface area contributed by atoms with Gasteiger partial charge in [-0.25, -0.2) is 4.39 Å². The molecule has 0 amide bonds. The number of hydrogen-bond donors (Lipinski definition) is 0. The molecule has 2 aromatic carbocycles. The summed E-state index contributed by atoms with van der Waals surface area (Å²) >= 11 is 0. The van der Waals surface area contributed by atoms with Gasteiger partial charge in [-0.2, -0.15) is 0 Å². The lowest BCUT2D eigenvalue weighted by molar-refractivity contribution is 0.628. The molecule has 0 N–H and O–H groups in total. The summed E-state index contributed by atoms with van der Waals surface area (Å²) in [5.74, 6) is 0.161. The maximum Gasteiger partial charge on any atom is 0.123 e. The number of fused-ring (bicyclic) bond motifs is 3. The highest BCUT2D eigenvalue weighted by molar-refractivity contribution is 6.00.